The van der Waals surface area contributed by atoms with Crippen molar-refractivity contribution in [1.82, 2.24) is 0 Å². The van der Waals surface area contributed by atoms with Gasteiger partial charge in [0.15, 0.2) is 9.84 Å². The smallest absolute Gasteiger partial charge is 0.234 e. The molecular formula is C15H13ClFNO3S2. The predicted molar refractivity (Wildman–Crippen MR) is 90.3 cm³/mol. The topological polar surface area (TPSA) is 63.2 Å². The molecule has 1 N–H and O–H groups in total. The predicted octanol–water partition coefficient (Wildman–Crippen LogP) is 3.61. The van der Waals surface area contributed by atoms with Gasteiger partial charge >= 0.3 is 0 Å². The van der Waals surface area contributed by atoms with E-state index in [9.17, 15) is 17.6 Å². The molecule has 0 fully saturated rings. The highest BCUT2D eigenvalue weighted by molar-refractivity contribution is 8.00. The molecule has 0 saturated heterocycles. The fourth-order valence-electron chi connectivity index (χ4n) is 1.72. The van der Waals surface area contributed by atoms with Gasteiger partial charge in [-0.15, -0.1) is 11.8 Å². The Morgan fingerprint density at radius 2 is 1.96 bits per heavy atom. The number of carbonyl (C=O) groups is 1. The van der Waals surface area contributed by atoms with E-state index in [2.05, 4.69) is 5.32 Å². The summed E-state index contributed by atoms with van der Waals surface area (Å²) >= 11 is 7.19. The van der Waals surface area contributed by atoms with E-state index in [0.29, 0.717) is 5.02 Å². The molecule has 0 aromatic heterocycles. The molecule has 122 valence electrons. The summed E-state index contributed by atoms with van der Waals surface area (Å²) in [5.74, 6) is -1.14. The Balaban J connectivity index is 2.07. The highest BCUT2D eigenvalue weighted by Gasteiger charge is 2.13. The quantitative estimate of drug-likeness (QED) is 0.642. The zero-order chi connectivity index (χ0) is 17.0. The average Bonchev–Trinajstić information content (AvgIpc) is 2.47. The second kappa shape index (κ2) is 7.33. The Morgan fingerprint density at radius 1 is 1.26 bits per heavy atom. The number of benzene rings is 2. The fraction of sp³-hybridized carbons (Fsp3) is 0.133. The molecule has 0 aliphatic heterocycles. The third-order valence-corrected chi connectivity index (χ3v) is 5.46. The van der Waals surface area contributed by atoms with E-state index in [-0.39, 0.29) is 16.3 Å². The first-order valence-corrected chi connectivity index (χ1v) is 9.69. The molecule has 0 aliphatic carbocycles. The number of carbonyl (C=O) groups excluding carboxylic acids is 1. The monoisotopic (exact) mass is 373 g/mol. The Hall–Kier alpha value is -1.57. The second-order valence-electron chi connectivity index (χ2n) is 4.68. The number of anilines is 1. The van der Waals surface area contributed by atoms with Gasteiger partial charge in [-0.1, -0.05) is 23.7 Å². The molecule has 2 aromatic rings. The van der Waals surface area contributed by atoms with E-state index < -0.39 is 21.6 Å². The molecule has 0 unspecified atom stereocenters. The molecule has 23 heavy (non-hydrogen) atoms. The maximum absolute atomic E-state index is 13.7. The van der Waals surface area contributed by atoms with Crippen molar-refractivity contribution in [3.8, 4) is 0 Å². The summed E-state index contributed by atoms with van der Waals surface area (Å²) < 4.78 is 36.7. The van der Waals surface area contributed by atoms with Gasteiger partial charge in [-0.25, -0.2) is 12.8 Å². The van der Waals surface area contributed by atoms with Gasteiger partial charge in [-0.3, -0.25) is 4.79 Å². The third kappa shape index (κ3) is 4.95. The summed E-state index contributed by atoms with van der Waals surface area (Å²) in [6.07, 6.45) is 1.01. The minimum absolute atomic E-state index is 0.0201. The van der Waals surface area contributed by atoms with Gasteiger partial charge in [0.1, 0.15) is 5.82 Å². The van der Waals surface area contributed by atoms with Gasteiger partial charge in [0, 0.05) is 11.2 Å². The largest absolute Gasteiger partial charge is 0.323 e. The number of hydrogen-bond donors (Lipinski definition) is 1. The highest BCUT2D eigenvalue weighted by atomic mass is 35.5. The average molecular weight is 374 g/mol. The first-order chi connectivity index (χ1) is 10.8. The maximum atomic E-state index is 13.7. The summed E-state index contributed by atoms with van der Waals surface area (Å²) in [5, 5.41) is 2.89. The number of thioether (sulfide) groups is 1. The van der Waals surface area contributed by atoms with Crippen LogP contribution in [0.15, 0.2) is 52.3 Å². The molecule has 4 nitrogen and oxygen atoms in total. The molecule has 0 saturated carbocycles. The first-order valence-electron chi connectivity index (χ1n) is 6.44. The molecule has 0 heterocycles. The van der Waals surface area contributed by atoms with Crippen LogP contribution in [-0.4, -0.2) is 26.3 Å². The van der Waals surface area contributed by atoms with E-state index in [4.69, 9.17) is 11.6 Å². The summed E-state index contributed by atoms with van der Waals surface area (Å²) in [4.78, 5) is 12.6. The Bertz CT molecular complexity index is 840. The molecule has 1 amide bonds. The van der Waals surface area contributed by atoms with Crippen molar-refractivity contribution in [2.75, 3.05) is 17.3 Å². The lowest BCUT2D eigenvalue weighted by Gasteiger charge is -2.08. The Morgan fingerprint density at radius 3 is 2.61 bits per heavy atom. The van der Waals surface area contributed by atoms with Crippen molar-refractivity contribution < 1.29 is 17.6 Å². The summed E-state index contributed by atoms with van der Waals surface area (Å²) in [7, 11) is -3.48. The van der Waals surface area contributed by atoms with E-state index in [0.717, 1.165) is 29.4 Å². The van der Waals surface area contributed by atoms with Gasteiger partial charge in [-0.05, 0) is 30.3 Å². The van der Waals surface area contributed by atoms with Crippen LogP contribution in [-0.2, 0) is 14.6 Å². The van der Waals surface area contributed by atoms with Gasteiger partial charge < -0.3 is 5.32 Å². The van der Waals surface area contributed by atoms with Crippen molar-refractivity contribution in [2.45, 2.75) is 9.79 Å². The lowest BCUT2D eigenvalue weighted by molar-refractivity contribution is -0.113. The van der Waals surface area contributed by atoms with E-state index in [1.807, 2.05) is 0 Å². The lowest BCUT2D eigenvalue weighted by Crippen LogP contribution is -2.15. The minimum atomic E-state index is -3.48. The zero-order valence-electron chi connectivity index (χ0n) is 12.0. The van der Waals surface area contributed by atoms with Crippen LogP contribution in [0, 0.1) is 5.82 Å². The molecule has 2 rings (SSSR count). The Kier molecular flexibility index (Phi) is 5.67. The van der Waals surface area contributed by atoms with Crippen LogP contribution in [0.3, 0.4) is 0 Å². The van der Waals surface area contributed by atoms with Crippen LogP contribution in [0.4, 0.5) is 10.1 Å². The summed E-state index contributed by atoms with van der Waals surface area (Å²) in [5.41, 5.74) is -0.169. The fourth-order valence-corrected chi connectivity index (χ4v) is 3.41. The number of halogens is 2. The molecule has 0 radical (unpaired) electrons. The summed E-state index contributed by atoms with van der Waals surface area (Å²) in [6, 6.07) is 10.3. The molecule has 2 aromatic carbocycles. The van der Waals surface area contributed by atoms with E-state index >= 15 is 0 Å². The van der Waals surface area contributed by atoms with Crippen molar-refractivity contribution in [1.29, 1.82) is 0 Å². The van der Waals surface area contributed by atoms with Crippen LogP contribution in [0.1, 0.15) is 0 Å². The van der Waals surface area contributed by atoms with Crippen molar-refractivity contribution in [3.05, 3.63) is 53.3 Å². The number of hydrogen-bond acceptors (Lipinski definition) is 4. The number of sulfone groups is 1. The van der Waals surface area contributed by atoms with Crippen LogP contribution < -0.4 is 5.32 Å². The van der Waals surface area contributed by atoms with Crippen molar-refractivity contribution in [2.24, 2.45) is 0 Å². The van der Waals surface area contributed by atoms with E-state index in [1.165, 1.54) is 11.8 Å². The molecule has 0 atom stereocenters. The number of rotatable bonds is 5. The molecule has 0 bridgehead atoms. The van der Waals surface area contributed by atoms with Gasteiger partial charge in [0.2, 0.25) is 5.91 Å². The molecule has 8 heteroatoms. The minimum Gasteiger partial charge on any atom is -0.323 e. The lowest BCUT2D eigenvalue weighted by atomic mass is 10.3. The first kappa shape index (κ1) is 17.8. The van der Waals surface area contributed by atoms with Gasteiger partial charge in [0.25, 0.3) is 0 Å². The number of nitrogens with one attached hydrogen (secondary N) is 1. The second-order valence-corrected chi connectivity index (χ2v) is 8.12. The van der Waals surface area contributed by atoms with Crippen LogP contribution >= 0.6 is 23.4 Å². The number of amides is 1. The molecule has 0 spiro atoms. The highest BCUT2D eigenvalue weighted by Crippen LogP contribution is 2.27. The van der Waals surface area contributed by atoms with Crippen molar-refractivity contribution >= 4 is 44.8 Å². The van der Waals surface area contributed by atoms with Crippen LogP contribution in [0.25, 0.3) is 0 Å². The normalized spacial score (nSPS) is 11.3. The standard InChI is InChI=1S/C15H13ClFNO3S2/c1-23(20,21)10-6-7-12(17)13(8-10)18-15(19)9-22-14-5-3-2-4-11(14)16/h2-8H,9H2,1H3,(H,18,19). The van der Waals surface area contributed by atoms with Gasteiger partial charge in [0.05, 0.1) is 21.4 Å². The molecular weight excluding hydrogens is 361 g/mol. The molecule has 0 aliphatic rings. The van der Waals surface area contributed by atoms with Crippen LogP contribution in [0.5, 0.6) is 0 Å². The van der Waals surface area contributed by atoms with Crippen LogP contribution in [0.2, 0.25) is 5.02 Å². The summed E-state index contributed by atoms with van der Waals surface area (Å²) in [6.45, 7) is 0. The van der Waals surface area contributed by atoms with Crippen molar-refractivity contribution in [3.63, 3.8) is 0 Å². The third-order valence-electron chi connectivity index (χ3n) is 2.84. The Labute approximate surface area is 143 Å². The zero-order valence-corrected chi connectivity index (χ0v) is 14.4. The maximum Gasteiger partial charge on any atom is 0.234 e. The SMILES string of the molecule is CS(=O)(=O)c1ccc(F)c(NC(=O)CSc2ccccc2Cl)c1. The van der Waals surface area contributed by atoms with E-state index in [1.54, 1.807) is 24.3 Å². The van der Waals surface area contributed by atoms with Gasteiger partial charge in [-0.2, -0.15) is 0 Å².